The third-order valence-corrected chi connectivity index (χ3v) is 3.33. The second-order valence-electron chi connectivity index (χ2n) is 4.60. The monoisotopic (exact) mass is 233 g/mol. The first-order valence-electron chi connectivity index (χ1n) is 6.30. The fraction of sp³-hybridized carbons (Fsp3) is 0.500. The van der Waals surface area contributed by atoms with Crippen molar-refractivity contribution in [3.8, 4) is 5.75 Å². The lowest BCUT2D eigenvalue weighted by molar-refractivity contribution is -0.121. The van der Waals surface area contributed by atoms with Gasteiger partial charge in [-0.2, -0.15) is 0 Å². The predicted molar refractivity (Wildman–Crippen MR) is 67.1 cm³/mol. The molecule has 0 amide bonds. The summed E-state index contributed by atoms with van der Waals surface area (Å²) in [6.45, 7) is 0.951. The summed E-state index contributed by atoms with van der Waals surface area (Å²) in [5.41, 5.74) is 0.858. The molecular weight excluding hydrogens is 214 g/mol. The van der Waals surface area contributed by atoms with E-state index in [-0.39, 0.29) is 17.6 Å². The number of nitrogens with one attached hydrogen (secondary N) is 1. The number of phenolic OH excluding ortho intramolecular Hbond substituents is 1. The zero-order valence-electron chi connectivity index (χ0n) is 9.98. The number of aromatic hydroxyl groups is 1. The molecule has 0 aromatic heterocycles. The van der Waals surface area contributed by atoms with E-state index in [4.69, 9.17) is 0 Å². The molecule has 2 rings (SSSR count). The van der Waals surface area contributed by atoms with Gasteiger partial charge in [-0.1, -0.05) is 24.6 Å². The molecule has 92 valence electrons. The molecule has 1 saturated heterocycles. The molecular formula is C14H19NO2. The highest BCUT2D eigenvalue weighted by atomic mass is 16.3. The van der Waals surface area contributed by atoms with Crippen molar-refractivity contribution in [2.75, 3.05) is 6.54 Å². The Labute approximate surface area is 102 Å². The van der Waals surface area contributed by atoms with Crippen molar-refractivity contribution in [3.05, 3.63) is 29.8 Å². The van der Waals surface area contributed by atoms with Gasteiger partial charge in [0.2, 0.25) is 0 Å². The zero-order chi connectivity index (χ0) is 12.1. The Kier molecular flexibility index (Phi) is 4.15. The second-order valence-corrected chi connectivity index (χ2v) is 4.60. The fourth-order valence-corrected chi connectivity index (χ4v) is 2.28. The van der Waals surface area contributed by atoms with Gasteiger partial charge in [0.25, 0.3) is 0 Å². The van der Waals surface area contributed by atoms with Gasteiger partial charge in [-0.05, 0) is 37.4 Å². The van der Waals surface area contributed by atoms with Crippen LogP contribution in [0.2, 0.25) is 0 Å². The van der Waals surface area contributed by atoms with E-state index in [1.807, 2.05) is 12.1 Å². The number of ketones is 1. The molecule has 1 heterocycles. The SMILES string of the molecule is O=C(CCc1ccccc1O)C1CCCCN1. The molecule has 1 atom stereocenters. The Morgan fingerprint density at radius 3 is 2.88 bits per heavy atom. The van der Waals surface area contributed by atoms with Crippen LogP contribution in [-0.2, 0) is 11.2 Å². The van der Waals surface area contributed by atoms with E-state index in [2.05, 4.69) is 5.32 Å². The quantitative estimate of drug-likeness (QED) is 0.836. The van der Waals surface area contributed by atoms with Crippen molar-refractivity contribution in [1.29, 1.82) is 0 Å². The molecule has 2 N–H and O–H groups in total. The smallest absolute Gasteiger partial charge is 0.150 e. The summed E-state index contributed by atoms with van der Waals surface area (Å²) < 4.78 is 0. The van der Waals surface area contributed by atoms with Crippen LogP contribution in [0, 0.1) is 0 Å². The van der Waals surface area contributed by atoms with E-state index < -0.39 is 0 Å². The van der Waals surface area contributed by atoms with Gasteiger partial charge in [0, 0.05) is 6.42 Å². The van der Waals surface area contributed by atoms with Crippen LogP contribution >= 0.6 is 0 Å². The summed E-state index contributed by atoms with van der Waals surface area (Å²) in [6, 6.07) is 7.26. The highest BCUT2D eigenvalue weighted by Gasteiger charge is 2.20. The third-order valence-electron chi connectivity index (χ3n) is 3.33. The number of rotatable bonds is 4. The first kappa shape index (κ1) is 12.1. The van der Waals surface area contributed by atoms with Crippen LogP contribution in [0.15, 0.2) is 24.3 Å². The van der Waals surface area contributed by atoms with Crippen LogP contribution in [0.1, 0.15) is 31.2 Å². The van der Waals surface area contributed by atoms with Crippen LogP contribution in [-0.4, -0.2) is 23.5 Å². The fourth-order valence-electron chi connectivity index (χ4n) is 2.28. The lowest BCUT2D eigenvalue weighted by atomic mass is 9.96. The molecule has 3 nitrogen and oxygen atoms in total. The predicted octanol–water partition coefficient (Wildman–Crippen LogP) is 2.04. The molecule has 17 heavy (non-hydrogen) atoms. The molecule has 0 radical (unpaired) electrons. The molecule has 1 aliphatic rings. The van der Waals surface area contributed by atoms with Gasteiger partial charge < -0.3 is 10.4 Å². The van der Waals surface area contributed by atoms with Gasteiger partial charge in [-0.15, -0.1) is 0 Å². The summed E-state index contributed by atoms with van der Waals surface area (Å²) >= 11 is 0. The van der Waals surface area contributed by atoms with Crippen LogP contribution in [0.25, 0.3) is 0 Å². The van der Waals surface area contributed by atoms with Crippen molar-refractivity contribution >= 4 is 5.78 Å². The zero-order valence-corrected chi connectivity index (χ0v) is 9.98. The maximum Gasteiger partial charge on any atom is 0.150 e. The van der Waals surface area contributed by atoms with Crippen molar-refractivity contribution in [1.82, 2.24) is 5.32 Å². The average Bonchev–Trinajstić information content (AvgIpc) is 2.38. The standard InChI is InChI=1S/C14H19NO2/c16-13-7-2-1-5-11(13)8-9-14(17)12-6-3-4-10-15-12/h1-2,5,7,12,15-16H,3-4,6,8-10H2. The number of para-hydroxylation sites is 1. The number of benzene rings is 1. The van der Waals surface area contributed by atoms with Crippen LogP contribution in [0.3, 0.4) is 0 Å². The molecule has 0 aliphatic carbocycles. The van der Waals surface area contributed by atoms with Crippen molar-refractivity contribution in [2.45, 2.75) is 38.1 Å². The molecule has 0 spiro atoms. The Balaban J connectivity index is 1.85. The number of hydrogen-bond donors (Lipinski definition) is 2. The molecule has 0 saturated carbocycles. The first-order chi connectivity index (χ1) is 8.27. The number of Topliss-reactive ketones (excluding diaryl/α,β-unsaturated/α-hetero) is 1. The van der Waals surface area contributed by atoms with E-state index in [0.717, 1.165) is 24.9 Å². The average molecular weight is 233 g/mol. The van der Waals surface area contributed by atoms with Crippen molar-refractivity contribution in [3.63, 3.8) is 0 Å². The minimum atomic E-state index is 0.0367. The number of hydrogen-bond acceptors (Lipinski definition) is 3. The Bertz CT molecular complexity index is 384. The lowest BCUT2D eigenvalue weighted by Gasteiger charge is -2.22. The first-order valence-corrected chi connectivity index (χ1v) is 6.30. The largest absolute Gasteiger partial charge is 0.508 e. The Morgan fingerprint density at radius 2 is 2.18 bits per heavy atom. The Hall–Kier alpha value is -1.35. The molecule has 3 heteroatoms. The summed E-state index contributed by atoms with van der Waals surface area (Å²) in [6.07, 6.45) is 4.40. The normalized spacial score (nSPS) is 20.1. The minimum Gasteiger partial charge on any atom is -0.508 e. The van der Waals surface area contributed by atoms with E-state index in [0.29, 0.717) is 12.8 Å². The molecule has 1 aromatic rings. The Morgan fingerprint density at radius 1 is 1.35 bits per heavy atom. The summed E-state index contributed by atoms with van der Waals surface area (Å²) in [5.74, 6) is 0.560. The third kappa shape index (κ3) is 3.30. The van der Waals surface area contributed by atoms with E-state index in [9.17, 15) is 9.90 Å². The highest BCUT2D eigenvalue weighted by molar-refractivity contribution is 5.84. The lowest BCUT2D eigenvalue weighted by Crippen LogP contribution is -2.40. The van der Waals surface area contributed by atoms with Gasteiger partial charge in [-0.25, -0.2) is 0 Å². The number of carbonyl (C=O) groups is 1. The second kappa shape index (κ2) is 5.82. The van der Waals surface area contributed by atoms with Gasteiger partial charge >= 0.3 is 0 Å². The molecule has 0 bridgehead atoms. The highest BCUT2D eigenvalue weighted by Crippen LogP contribution is 2.18. The molecule has 1 fully saturated rings. The summed E-state index contributed by atoms with van der Waals surface area (Å²) in [4.78, 5) is 11.9. The van der Waals surface area contributed by atoms with E-state index in [1.54, 1.807) is 12.1 Å². The molecule has 1 unspecified atom stereocenters. The van der Waals surface area contributed by atoms with Gasteiger partial charge in [0.05, 0.1) is 6.04 Å². The molecule has 1 aliphatic heterocycles. The van der Waals surface area contributed by atoms with Gasteiger partial charge in [-0.3, -0.25) is 4.79 Å². The minimum absolute atomic E-state index is 0.0367. The van der Waals surface area contributed by atoms with E-state index >= 15 is 0 Å². The summed E-state index contributed by atoms with van der Waals surface area (Å²) in [7, 11) is 0. The van der Waals surface area contributed by atoms with Crippen molar-refractivity contribution < 1.29 is 9.90 Å². The van der Waals surface area contributed by atoms with Gasteiger partial charge in [0.1, 0.15) is 11.5 Å². The number of carbonyl (C=O) groups excluding carboxylic acids is 1. The van der Waals surface area contributed by atoms with E-state index in [1.165, 1.54) is 6.42 Å². The maximum atomic E-state index is 11.9. The topological polar surface area (TPSA) is 49.3 Å². The van der Waals surface area contributed by atoms with Crippen LogP contribution < -0.4 is 5.32 Å². The van der Waals surface area contributed by atoms with Gasteiger partial charge in [0.15, 0.2) is 0 Å². The number of phenols is 1. The van der Waals surface area contributed by atoms with Crippen LogP contribution in [0.4, 0.5) is 0 Å². The number of piperidine rings is 1. The van der Waals surface area contributed by atoms with Crippen molar-refractivity contribution in [2.24, 2.45) is 0 Å². The molecule has 1 aromatic carbocycles. The summed E-state index contributed by atoms with van der Waals surface area (Å²) in [5, 5.41) is 12.9. The van der Waals surface area contributed by atoms with Crippen LogP contribution in [0.5, 0.6) is 5.75 Å². The maximum absolute atomic E-state index is 11.9. The number of aryl methyl sites for hydroxylation is 1.